The Balaban J connectivity index is 0.000000401. The van der Waals surface area contributed by atoms with E-state index in [2.05, 4.69) is 9.18 Å². The maximum Gasteiger partial charge on any atom is 0.261 e. The van der Waals surface area contributed by atoms with Crippen LogP contribution >= 0.6 is 0 Å². The molecule has 31 heavy (non-hydrogen) atoms. The fourth-order valence-electron chi connectivity index (χ4n) is 3.06. The summed E-state index contributed by atoms with van der Waals surface area (Å²) in [6.07, 6.45) is 5.68. The fraction of sp³-hybridized carbons (Fsp3) is 0.143. The molecule has 0 spiro atoms. The van der Waals surface area contributed by atoms with Gasteiger partial charge in [-0.05, 0) is 18.2 Å². The summed E-state index contributed by atoms with van der Waals surface area (Å²) < 4.78 is 33.0. The summed E-state index contributed by atoms with van der Waals surface area (Å²) >= 11 is 0. The molecule has 1 aliphatic rings. The zero-order valence-corrected chi connectivity index (χ0v) is 17.8. The Morgan fingerprint density at radius 1 is 1.03 bits per heavy atom. The first-order valence-electron chi connectivity index (χ1n) is 9.01. The van der Waals surface area contributed by atoms with Gasteiger partial charge in [-0.15, -0.1) is 0 Å². The standard InChI is InChI=1S/C20H16N3O2.CH4O4S/c1-22-10-8-13(9-11-22)12-21-17-7-6-16-18-14(17)4-3-5-15(18)19(24)23(2)20(16)25;1-5-6(2,3)4/h3-12H,1-2H3;1H3,(H,2,3,4)/q+1;/p-1/b21-12+;. The largest absolute Gasteiger partial charge is 0.726 e. The van der Waals surface area contributed by atoms with E-state index < -0.39 is 10.4 Å². The van der Waals surface area contributed by atoms with Gasteiger partial charge in [0.15, 0.2) is 12.4 Å². The molecule has 160 valence electrons. The Labute approximate surface area is 179 Å². The van der Waals surface area contributed by atoms with Crippen molar-refractivity contribution in [3.05, 3.63) is 71.5 Å². The minimum Gasteiger partial charge on any atom is -0.726 e. The van der Waals surface area contributed by atoms with Crippen LogP contribution in [0.3, 0.4) is 0 Å². The van der Waals surface area contributed by atoms with Crippen molar-refractivity contribution in [3.8, 4) is 0 Å². The summed E-state index contributed by atoms with van der Waals surface area (Å²) in [5.41, 5.74) is 2.79. The summed E-state index contributed by atoms with van der Waals surface area (Å²) in [4.78, 5) is 30.5. The number of aromatic nitrogens is 1. The van der Waals surface area contributed by atoms with Crippen LogP contribution in [0.25, 0.3) is 10.8 Å². The van der Waals surface area contributed by atoms with Crippen LogP contribution in [-0.4, -0.2) is 50.1 Å². The van der Waals surface area contributed by atoms with Crippen molar-refractivity contribution in [2.24, 2.45) is 12.0 Å². The van der Waals surface area contributed by atoms with E-state index in [1.165, 1.54) is 7.05 Å². The molecule has 0 fully saturated rings. The number of pyridine rings is 1. The summed E-state index contributed by atoms with van der Waals surface area (Å²) in [5.74, 6) is -0.556. The second-order valence-corrected chi connectivity index (χ2v) is 7.81. The van der Waals surface area contributed by atoms with Gasteiger partial charge in [-0.25, -0.2) is 13.0 Å². The lowest BCUT2D eigenvalue weighted by Gasteiger charge is -2.24. The molecule has 0 atom stereocenters. The minimum absolute atomic E-state index is 0.278. The molecular weight excluding hydrogens is 422 g/mol. The first-order valence-corrected chi connectivity index (χ1v) is 10.3. The predicted octanol–water partition coefficient (Wildman–Crippen LogP) is 1.73. The summed E-state index contributed by atoms with van der Waals surface area (Å²) in [5, 5.41) is 1.49. The van der Waals surface area contributed by atoms with Gasteiger partial charge in [0.05, 0.1) is 12.8 Å². The number of carbonyl (C=O) groups is 2. The number of amides is 2. The lowest BCUT2D eigenvalue weighted by Crippen LogP contribution is -2.36. The van der Waals surface area contributed by atoms with Crippen molar-refractivity contribution in [2.45, 2.75) is 0 Å². The van der Waals surface area contributed by atoms with Crippen LogP contribution in [0.5, 0.6) is 0 Å². The average molecular weight is 441 g/mol. The van der Waals surface area contributed by atoms with E-state index >= 15 is 0 Å². The maximum atomic E-state index is 12.4. The molecule has 0 saturated carbocycles. The van der Waals surface area contributed by atoms with Crippen molar-refractivity contribution >= 4 is 44.9 Å². The molecule has 2 heterocycles. The normalized spacial score (nSPS) is 13.5. The molecule has 0 bridgehead atoms. The van der Waals surface area contributed by atoms with Gasteiger partial charge in [-0.1, -0.05) is 12.1 Å². The van der Waals surface area contributed by atoms with Crippen molar-refractivity contribution in [1.82, 2.24) is 4.90 Å². The van der Waals surface area contributed by atoms with Crippen LogP contribution in [0.2, 0.25) is 0 Å². The van der Waals surface area contributed by atoms with Crippen LogP contribution < -0.4 is 4.57 Å². The number of benzene rings is 2. The quantitative estimate of drug-likeness (QED) is 0.201. The van der Waals surface area contributed by atoms with Gasteiger partial charge in [0, 0.05) is 52.9 Å². The molecule has 0 N–H and O–H groups in total. The third kappa shape index (κ3) is 4.82. The number of rotatable bonds is 3. The van der Waals surface area contributed by atoms with Gasteiger partial charge in [-0.3, -0.25) is 23.7 Å². The molecule has 2 aromatic carbocycles. The number of imide groups is 1. The lowest BCUT2D eigenvalue weighted by molar-refractivity contribution is -0.671. The Morgan fingerprint density at radius 3 is 2.19 bits per heavy atom. The van der Waals surface area contributed by atoms with Crippen LogP contribution in [0.15, 0.2) is 59.9 Å². The summed E-state index contributed by atoms with van der Waals surface area (Å²) in [6.45, 7) is 0. The molecule has 3 aromatic rings. The third-order valence-electron chi connectivity index (χ3n) is 4.65. The predicted molar refractivity (Wildman–Crippen MR) is 112 cm³/mol. The number of aliphatic imine (C=N–C) groups is 1. The highest BCUT2D eigenvalue weighted by Crippen LogP contribution is 2.35. The topological polar surface area (TPSA) is 120 Å². The van der Waals surface area contributed by atoms with Gasteiger partial charge in [0.25, 0.3) is 11.8 Å². The fourth-order valence-corrected chi connectivity index (χ4v) is 3.06. The molecule has 0 radical (unpaired) electrons. The van der Waals surface area contributed by atoms with E-state index in [1.54, 1.807) is 18.3 Å². The van der Waals surface area contributed by atoms with Crippen molar-refractivity contribution < 1.29 is 31.3 Å². The van der Waals surface area contributed by atoms with Gasteiger partial charge >= 0.3 is 0 Å². The molecule has 4 rings (SSSR count). The molecule has 0 unspecified atom stereocenters. The van der Waals surface area contributed by atoms with E-state index in [0.717, 1.165) is 28.6 Å². The monoisotopic (exact) mass is 441 g/mol. The highest BCUT2D eigenvalue weighted by Gasteiger charge is 2.30. The zero-order valence-electron chi connectivity index (χ0n) is 17.0. The van der Waals surface area contributed by atoms with Crippen molar-refractivity contribution in [2.75, 3.05) is 14.2 Å². The third-order valence-corrected chi connectivity index (χ3v) is 5.06. The van der Waals surface area contributed by atoms with Crippen LogP contribution in [0.1, 0.15) is 26.3 Å². The smallest absolute Gasteiger partial charge is 0.261 e. The van der Waals surface area contributed by atoms with Crippen molar-refractivity contribution in [3.63, 3.8) is 0 Å². The molecule has 2 amide bonds. The summed E-state index contributed by atoms with van der Waals surface area (Å²) in [7, 11) is -0.140. The van der Waals surface area contributed by atoms with E-state index in [0.29, 0.717) is 16.5 Å². The van der Waals surface area contributed by atoms with Crippen molar-refractivity contribution in [1.29, 1.82) is 0 Å². The SMILES string of the molecule is CN1C(=O)c2cccc3c(/N=C/c4cc[n+](C)cc4)ccc(c23)C1=O.COS(=O)(=O)[O-]. The molecular formula is C21H19N3O6S. The summed E-state index contributed by atoms with van der Waals surface area (Å²) in [6, 6.07) is 13.0. The van der Waals surface area contributed by atoms with E-state index in [-0.39, 0.29) is 11.8 Å². The average Bonchev–Trinajstić information content (AvgIpc) is 2.75. The lowest BCUT2D eigenvalue weighted by atomic mass is 9.93. The van der Waals surface area contributed by atoms with Gasteiger partial charge < -0.3 is 4.55 Å². The Kier molecular flexibility index (Phi) is 6.25. The van der Waals surface area contributed by atoms with Gasteiger partial charge in [-0.2, -0.15) is 0 Å². The van der Waals surface area contributed by atoms with Gasteiger partial charge in [0.1, 0.15) is 7.05 Å². The molecule has 9 nitrogen and oxygen atoms in total. The highest BCUT2D eigenvalue weighted by molar-refractivity contribution is 7.80. The van der Waals surface area contributed by atoms with Crippen LogP contribution in [0.4, 0.5) is 5.69 Å². The Bertz CT molecular complexity index is 1280. The number of carbonyl (C=O) groups excluding carboxylic acids is 2. The second-order valence-electron chi connectivity index (χ2n) is 6.66. The molecule has 0 saturated heterocycles. The van der Waals surface area contributed by atoms with E-state index in [1.807, 2.05) is 54.3 Å². The van der Waals surface area contributed by atoms with E-state index in [4.69, 9.17) is 0 Å². The Hall–Kier alpha value is -3.47. The number of aryl methyl sites for hydroxylation is 1. The molecule has 0 aliphatic carbocycles. The number of hydrogen-bond acceptors (Lipinski definition) is 7. The minimum atomic E-state index is -4.41. The zero-order chi connectivity index (χ0) is 22.8. The number of hydrogen-bond donors (Lipinski definition) is 0. The van der Waals surface area contributed by atoms with Crippen LogP contribution in [0, 0.1) is 0 Å². The maximum absolute atomic E-state index is 12.4. The van der Waals surface area contributed by atoms with Crippen LogP contribution in [-0.2, 0) is 21.6 Å². The van der Waals surface area contributed by atoms with E-state index in [9.17, 15) is 22.6 Å². The number of nitrogens with zero attached hydrogens (tertiary/aromatic N) is 3. The van der Waals surface area contributed by atoms with Gasteiger partial charge in [0.2, 0.25) is 10.4 Å². The first-order chi connectivity index (χ1) is 14.6. The molecule has 10 heteroatoms. The molecule has 1 aliphatic heterocycles. The molecule has 1 aromatic heterocycles. The Morgan fingerprint density at radius 2 is 1.61 bits per heavy atom. The second kappa shape index (κ2) is 8.72. The highest BCUT2D eigenvalue weighted by atomic mass is 32.3. The first kappa shape index (κ1) is 22.2.